The molecule has 0 saturated carbocycles. The van der Waals surface area contributed by atoms with Crippen molar-refractivity contribution in [2.75, 3.05) is 0 Å². The molecule has 0 N–H and O–H groups in total. The van der Waals surface area contributed by atoms with E-state index in [-0.39, 0.29) is 0 Å². The molecule has 0 amide bonds. The number of aromatic nitrogens is 1. The summed E-state index contributed by atoms with van der Waals surface area (Å²) in [6.07, 6.45) is 3.56. The lowest BCUT2D eigenvalue weighted by molar-refractivity contribution is 0.307. The van der Waals surface area contributed by atoms with Crippen molar-refractivity contribution in [1.29, 1.82) is 0 Å². The zero-order valence-electron chi connectivity index (χ0n) is 11.4. The topological polar surface area (TPSA) is 22.1 Å². The van der Waals surface area contributed by atoms with Gasteiger partial charge in [0, 0.05) is 28.5 Å². The second-order valence-corrected chi connectivity index (χ2v) is 5.02. The molecule has 1 aromatic heterocycles. The van der Waals surface area contributed by atoms with Crippen LogP contribution in [0.25, 0.3) is 11.1 Å². The van der Waals surface area contributed by atoms with Gasteiger partial charge in [0.05, 0.1) is 0 Å². The number of hydrogen-bond donors (Lipinski definition) is 0. The van der Waals surface area contributed by atoms with Crippen molar-refractivity contribution in [2.24, 2.45) is 0 Å². The number of nitrogens with zero attached hydrogens (tertiary/aromatic N) is 1. The predicted molar refractivity (Wildman–Crippen MR) is 85.5 cm³/mol. The number of benzene rings is 2. The summed E-state index contributed by atoms with van der Waals surface area (Å²) in [5.41, 5.74) is 3.01. The third kappa shape index (κ3) is 3.23. The highest BCUT2D eigenvalue weighted by atomic mass is 35.5. The molecule has 104 valence electrons. The van der Waals surface area contributed by atoms with E-state index in [9.17, 15) is 0 Å². The Kier molecular flexibility index (Phi) is 4.17. The first-order valence-corrected chi connectivity index (χ1v) is 7.08. The molecule has 3 rings (SSSR count). The number of ether oxygens (including phenoxy) is 1. The van der Waals surface area contributed by atoms with Gasteiger partial charge in [-0.05, 0) is 29.8 Å². The Hall–Kier alpha value is -2.32. The number of para-hydroxylation sites is 1. The smallest absolute Gasteiger partial charge is 0.119 e. The van der Waals surface area contributed by atoms with Crippen molar-refractivity contribution in [2.45, 2.75) is 6.61 Å². The Morgan fingerprint density at radius 2 is 1.76 bits per heavy atom. The van der Waals surface area contributed by atoms with Crippen molar-refractivity contribution in [3.8, 4) is 16.9 Å². The van der Waals surface area contributed by atoms with Crippen LogP contribution in [-0.4, -0.2) is 4.98 Å². The maximum absolute atomic E-state index is 6.36. The van der Waals surface area contributed by atoms with Crippen LogP contribution >= 0.6 is 11.6 Å². The molecule has 0 fully saturated rings. The molecule has 0 radical (unpaired) electrons. The monoisotopic (exact) mass is 295 g/mol. The van der Waals surface area contributed by atoms with E-state index in [0.717, 1.165) is 22.4 Å². The largest absolute Gasteiger partial charge is 0.489 e. The molecule has 0 spiro atoms. The summed E-state index contributed by atoms with van der Waals surface area (Å²) >= 11 is 6.36. The first kappa shape index (κ1) is 13.7. The summed E-state index contributed by atoms with van der Waals surface area (Å²) in [6, 6.07) is 19.5. The van der Waals surface area contributed by atoms with Crippen LogP contribution in [0.2, 0.25) is 5.02 Å². The minimum absolute atomic E-state index is 0.467. The minimum Gasteiger partial charge on any atom is -0.489 e. The second-order valence-electron chi connectivity index (χ2n) is 4.62. The lowest BCUT2D eigenvalue weighted by Gasteiger charge is -2.12. The first-order valence-electron chi connectivity index (χ1n) is 6.70. The van der Waals surface area contributed by atoms with Crippen LogP contribution in [0.5, 0.6) is 5.75 Å². The van der Waals surface area contributed by atoms with Crippen LogP contribution in [0.15, 0.2) is 73.1 Å². The van der Waals surface area contributed by atoms with Gasteiger partial charge in [-0.25, -0.2) is 0 Å². The number of pyridine rings is 1. The highest BCUT2D eigenvalue weighted by Crippen LogP contribution is 2.31. The standard InChI is InChI=1S/C18H14ClNO/c19-17-10-4-6-15(13-21-16-8-2-1-3-9-16)18(17)14-7-5-11-20-12-14/h1-12H,13H2. The van der Waals surface area contributed by atoms with Crippen LogP contribution in [-0.2, 0) is 6.61 Å². The van der Waals surface area contributed by atoms with E-state index < -0.39 is 0 Å². The van der Waals surface area contributed by atoms with E-state index >= 15 is 0 Å². The van der Waals surface area contributed by atoms with Gasteiger partial charge in [0.1, 0.15) is 12.4 Å². The van der Waals surface area contributed by atoms with E-state index in [2.05, 4.69) is 4.98 Å². The lowest BCUT2D eigenvalue weighted by Crippen LogP contribution is -1.98. The van der Waals surface area contributed by atoms with Crippen molar-refractivity contribution in [3.05, 3.63) is 83.6 Å². The quantitative estimate of drug-likeness (QED) is 0.677. The highest BCUT2D eigenvalue weighted by molar-refractivity contribution is 6.33. The molecular weight excluding hydrogens is 282 g/mol. The minimum atomic E-state index is 0.467. The fourth-order valence-electron chi connectivity index (χ4n) is 2.20. The first-order chi connectivity index (χ1) is 10.3. The van der Waals surface area contributed by atoms with Gasteiger partial charge in [0.2, 0.25) is 0 Å². The van der Waals surface area contributed by atoms with Gasteiger partial charge in [-0.3, -0.25) is 4.98 Å². The molecule has 3 heteroatoms. The maximum Gasteiger partial charge on any atom is 0.119 e. The predicted octanol–water partition coefficient (Wildman–Crippen LogP) is 4.98. The number of halogens is 1. The molecular formula is C18H14ClNO. The molecule has 0 bridgehead atoms. The van der Waals surface area contributed by atoms with E-state index in [4.69, 9.17) is 16.3 Å². The molecule has 0 saturated heterocycles. The zero-order valence-corrected chi connectivity index (χ0v) is 12.1. The summed E-state index contributed by atoms with van der Waals surface area (Å²) < 4.78 is 5.83. The van der Waals surface area contributed by atoms with Crippen molar-refractivity contribution >= 4 is 11.6 Å². The molecule has 0 aliphatic rings. The summed E-state index contributed by atoms with van der Waals surface area (Å²) in [7, 11) is 0. The van der Waals surface area contributed by atoms with E-state index in [1.807, 2.05) is 66.9 Å². The van der Waals surface area contributed by atoms with Gasteiger partial charge in [0.25, 0.3) is 0 Å². The van der Waals surface area contributed by atoms with E-state index in [1.54, 1.807) is 6.20 Å². The third-order valence-electron chi connectivity index (χ3n) is 3.19. The van der Waals surface area contributed by atoms with Gasteiger partial charge < -0.3 is 4.74 Å². The Balaban J connectivity index is 1.91. The summed E-state index contributed by atoms with van der Waals surface area (Å²) in [5.74, 6) is 0.842. The molecule has 2 nitrogen and oxygen atoms in total. The molecule has 0 atom stereocenters. The van der Waals surface area contributed by atoms with Crippen molar-refractivity contribution < 1.29 is 4.74 Å². The Morgan fingerprint density at radius 3 is 2.52 bits per heavy atom. The number of rotatable bonds is 4. The van der Waals surface area contributed by atoms with Gasteiger partial charge in [-0.1, -0.05) is 48.0 Å². The van der Waals surface area contributed by atoms with Crippen LogP contribution in [0.1, 0.15) is 5.56 Å². The van der Waals surface area contributed by atoms with Gasteiger partial charge in [-0.2, -0.15) is 0 Å². The SMILES string of the molecule is Clc1cccc(COc2ccccc2)c1-c1cccnc1. The molecule has 0 aliphatic carbocycles. The molecule has 1 heterocycles. The number of hydrogen-bond acceptors (Lipinski definition) is 2. The van der Waals surface area contributed by atoms with Crippen LogP contribution in [0.3, 0.4) is 0 Å². The van der Waals surface area contributed by atoms with Crippen LogP contribution in [0, 0.1) is 0 Å². The van der Waals surface area contributed by atoms with Crippen LogP contribution < -0.4 is 4.74 Å². The average molecular weight is 296 g/mol. The summed E-state index contributed by atoms with van der Waals surface area (Å²) in [6.45, 7) is 0.467. The Labute approximate surface area is 129 Å². The summed E-state index contributed by atoms with van der Waals surface area (Å²) in [4.78, 5) is 4.16. The third-order valence-corrected chi connectivity index (χ3v) is 3.50. The Bertz CT molecular complexity index is 714. The van der Waals surface area contributed by atoms with Gasteiger partial charge in [0.15, 0.2) is 0 Å². The van der Waals surface area contributed by atoms with Gasteiger partial charge in [-0.15, -0.1) is 0 Å². The molecule has 3 aromatic rings. The fourth-order valence-corrected chi connectivity index (χ4v) is 2.50. The van der Waals surface area contributed by atoms with Gasteiger partial charge >= 0.3 is 0 Å². The lowest BCUT2D eigenvalue weighted by atomic mass is 10.0. The van der Waals surface area contributed by atoms with Crippen LogP contribution in [0.4, 0.5) is 0 Å². The highest BCUT2D eigenvalue weighted by Gasteiger charge is 2.10. The molecule has 0 unspecified atom stereocenters. The molecule has 0 aliphatic heterocycles. The fraction of sp³-hybridized carbons (Fsp3) is 0.0556. The average Bonchev–Trinajstić information content (AvgIpc) is 2.55. The normalized spacial score (nSPS) is 10.3. The molecule has 21 heavy (non-hydrogen) atoms. The zero-order chi connectivity index (χ0) is 14.5. The molecule has 2 aromatic carbocycles. The van der Waals surface area contributed by atoms with Crippen molar-refractivity contribution in [3.63, 3.8) is 0 Å². The summed E-state index contributed by atoms with van der Waals surface area (Å²) in [5, 5.41) is 0.706. The van der Waals surface area contributed by atoms with E-state index in [1.165, 1.54) is 0 Å². The maximum atomic E-state index is 6.36. The second kappa shape index (κ2) is 6.42. The van der Waals surface area contributed by atoms with Crippen molar-refractivity contribution in [1.82, 2.24) is 4.98 Å². The Morgan fingerprint density at radius 1 is 0.905 bits per heavy atom. The van der Waals surface area contributed by atoms with E-state index in [0.29, 0.717) is 11.6 Å².